The Hall–Kier alpha value is -2.96. The molecule has 0 aliphatic rings. The molecule has 6 nitrogen and oxygen atoms in total. The summed E-state index contributed by atoms with van der Waals surface area (Å²) in [5.74, 6) is -1.72. The first-order chi connectivity index (χ1) is 13.6. The Labute approximate surface area is 170 Å². The maximum Gasteiger partial charge on any atom is 0.355 e. The van der Waals surface area contributed by atoms with Crippen molar-refractivity contribution in [3.05, 3.63) is 58.2 Å². The van der Waals surface area contributed by atoms with Crippen molar-refractivity contribution >= 4 is 17.7 Å². The summed E-state index contributed by atoms with van der Waals surface area (Å²) in [4.78, 5) is 39.7. The van der Waals surface area contributed by atoms with Gasteiger partial charge in [-0.2, -0.15) is 0 Å². The van der Waals surface area contributed by atoms with E-state index in [0.29, 0.717) is 22.5 Å². The van der Waals surface area contributed by atoms with Crippen molar-refractivity contribution in [2.24, 2.45) is 7.05 Å². The Morgan fingerprint density at radius 2 is 1.86 bits per heavy atom. The number of rotatable bonds is 7. The molecule has 1 amide bonds. The predicted molar refractivity (Wildman–Crippen MR) is 108 cm³/mol. The highest BCUT2D eigenvalue weighted by Crippen LogP contribution is 2.23. The van der Waals surface area contributed by atoms with Crippen molar-refractivity contribution in [3.63, 3.8) is 0 Å². The van der Waals surface area contributed by atoms with E-state index in [-0.39, 0.29) is 30.5 Å². The summed E-state index contributed by atoms with van der Waals surface area (Å²) in [5, 5.41) is 0. The molecule has 1 aromatic heterocycles. The normalized spacial score (nSPS) is 10.9. The minimum absolute atomic E-state index is 0.180. The quantitative estimate of drug-likeness (QED) is 0.523. The molecule has 0 bridgehead atoms. The minimum Gasteiger partial charge on any atom is -0.461 e. The molecule has 0 radical (unpaired) electrons. The van der Waals surface area contributed by atoms with Gasteiger partial charge in [0.2, 0.25) is 0 Å². The van der Waals surface area contributed by atoms with E-state index >= 15 is 0 Å². The lowest BCUT2D eigenvalue weighted by Crippen LogP contribution is -2.41. The molecule has 2 aromatic rings. The van der Waals surface area contributed by atoms with Gasteiger partial charge in [0.15, 0.2) is 5.78 Å². The second-order valence-electron chi connectivity index (χ2n) is 7.17. The van der Waals surface area contributed by atoms with E-state index in [1.807, 2.05) is 0 Å². The highest BCUT2D eigenvalue weighted by Gasteiger charge is 2.29. The fourth-order valence-electron chi connectivity index (χ4n) is 3.39. The Morgan fingerprint density at radius 3 is 2.41 bits per heavy atom. The molecule has 0 N–H and O–H groups in total. The van der Waals surface area contributed by atoms with Crippen LogP contribution in [0.1, 0.15) is 63.2 Å². The molecule has 156 valence electrons. The first-order valence-electron chi connectivity index (χ1n) is 9.52. The van der Waals surface area contributed by atoms with Crippen LogP contribution < -0.4 is 0 Å². The number of esters is 1. The lowest BCUT2D eigenvalue weighted by molar-refractivity contribution is 0.0513. The van der Waals surface area contributed by atoms with E-state index in [0.717, 1.165) is 6.07 Å². The molecule has 1 aromatic carbocycles. The molecule has 29 heavy (non-hydrogen) atoms. The summed E-state index contributed by atoms with van der Waals surface area (Å²) in [6, 6.07) is 5.11. The van der Waals surface area contributed by atoms with Crippen LogP contribution in [-0.4, -0.2) is 46.3 Å². The number of nitrogens with zero attached hydrogens (tertiary/aromatic N) is 2. The largest absolute Gasteiger partial charge is 0.461 e. The smallest absolute Gasteiger partial charge is 0.355 e. The van der Waals surface area contributed by atoms with E-state index in [4.69, 9.17) is 4.74 Å². The van der Waals surface area contributed by atoms with Gasteiger partial charge < -0.3 is 14.2 Å². The average Bonchev–Trinajstić information content (AvgIpc) is 2.87. The maximum atomic E-state index is 13.5. The van der Waals surface area contributed by atoms with Gasteiger partial charge in [-0.05, 0) is 58.4 Å². The zero-order valence-electron chi connectivity index (χ0n) is 17.7. The van der Waals surface area contributed by atoms with Gasteiger partial charge in [0, 0.05) is 29.9 Å². The highest BCUT2D eigenvalue weighted by molar-refractivity contribution is 6.06. The molecule has 0 aliphatic carbocycles. The van der Waals surface area contributed by atoms with Crippen LogP contribution in [0.25, 0.3) is 0 Å². The summed E-state index contributed by atoms with van der Waals surface area (Å²) in [5.41, 5.74) is 2.04. The molecule has 0 fully saturated rings. The minimum atomic E-state index is -0.514. The Kier molecular flexibility index (Phi) is 6.95. The van der Waals surface area contributed by atoms with Crippen molar-refractivity contribution in [2.75, 3.05) is 13.2 Å². The summed E-state index contributed by atoms with van der Waals surface area (Å²) >= 11 is 0. The summed E-state index contributed by atoms with van der Waals surface area (Å²) in [7, 11) is 1.70. The summed E-state index contributed by atoms with van der Waals surface area (Å²) < 4.78 is 20.3. The lowest BCUT2D eigenvalue weighted by Gasteiger charge is -2.26. The van der Waals surface area contributed by atoms with E-state index in [2.05, 4.69) is 0 Å². The third-order valence-corrected chi connectivity index (χ3v) is 4.95. The number of ether oxygens (including phenoxy) is 1. The zero-order chi connectivity index (χ0) is 21.9. The lowest BCUT2D eigenvalue weighted by atomic mass is 10.0. The van der Waals surface area contributed by atoms with Crippen LogP contribution in [0.5, 0.6) is 0 Å². The maximum absolute atomic E-state index is 13.5. The molecule has 0 unspecified atom stereocenters. The molecule has 0 saturated heterocycles. The highest BCUT2D eigenvalue weighted by atomic mass is 19.1. The van der Waals surface area contributed by atoms with Gasteiger partial charge in [-0.3, -0.25) is 9.59 Å². The van der Waals surface area contributed by atoms with Gasteiger partial charge in [0.05, 0.1) is 13.2 Å². The number of carbonyl (C=O) groups is 3. The van der Waals surface area contributed by atoms with E-state index in [9.17, 15) is 18.8 Å². The number of halogens is 1. The van der Waals surface area contributed by atoms with Crippen molar-refractivity contribution in [2.45, 2.75) is 40.7 Å². The van der Waals surface area contributed by atoms with E-state index in [1.54, 1.807) is 46.2 Å². The first kappa shape index (κ1) is 22.3. The average molecular weight is 402 g/mol. The number of benzene rings is 1. The molecule has 0 aliphatic heterocycles. The van der Waals surface area contributed by atoms with Gasteiger partial charge in [0.25, 0.3) is 5.91 Å². The molecular formula is C22H27FN2O4. The van der Waals surface area contributed by atoms with Crippen LogP contribution >= 0.6 is 0 Å². The van der Waals surface area contributed by atoms with Gasteiger partial charge >= 0.3 is 5.97 Å². The second-order valence-corrected chi connectivity index (χ2v) is 7.17. The number of amides is 1. The Bertz CT molecular complexity index is 947. The number of ketones is 1. The summed E-state index contributed by atoms with van der Waals surface area (Å²) in [6.45, 7) is 8.79. The molecule has 0 atom stereocenters. The van der Waals surface area contributed by atoms with Crippen LogP contribution in [0.3, 0.4) is 0 Å². The molecule has 0 saturated carbocycles. The number of Topliss-reactive ketones (excluding diaryl/α,β-unsaturated/α-hetero) is 1. The monoisotopic (exact) mass is 402 g/mol. The SMILES string of the molecule is CCOC(=O)c1c(C)c(C(=O)CN(C(=O)c2cccc(F)c2)C(C)C)c(C)n1C. The number of aromatic nitrogens is 1. The molecular weight excluding hydrogens is 375 g/mol. The van der Waals surface area contributed by atoms with E-state index in [1.165, 1.54) is 23.1 Å². The number of hydrogen-bond donors (Lipinski definition) is 0. The topological polar surface area (TPSA) is 68.6 Å². The van der Waals surface area contributed by atoms with E-state index < -0.39 is 17.7 Å². The van der Waals surface area contributed by atoms with Crippen LogP contribution in [0, 0.1) is 19.7 Å². The molecule has 7 heteroatoms. The fraction of sp³-hybridized carbons (Fsp3) is 0.409. The van der Waals surface area contributed by atoms with Crippen molar-refractivity contribution in [3.8, 4) is 0 Å². The van der Waals surface area contributed by atoms with Crippen molar-refractivity contribution in [1.82, 2.24) is 9.47 Å². The summed E-state index contributed by atoms with van der Waals surface area (Å²) in [6.07, 6.45) is 0. The van der Waals surface area contributed by atoms with Crippen LogP contribution in [-0.2, 0) is 11.8 Å². The Balaban J connectivity index is 2.37. The fourth-order valence-corrected chi connectivity index (χ4v) is 3.39. The van der Waals surface area contributed by atoms with Crippen LogP contribution in [0.15, 0.2) is 24.3 Å². The third kappa shape index (κ3) is 4.55. The Morgan fingerprint density at radius 1 is 1.21 bits per heavy atom. The third-order valence-electron chi connectivity index (χ3n) is 4.95. The van der Waals surface area contributed by atoms with Gasteiger partial charge in [-0.15, -0.1) is 0 Å². The van der Waals surface area contributed by atoms with Crippen molar-refractivity contribution < 1.29 is 23.5 Å². The molecule has 0 spiro atoms. The van der Waals surface area contributed by atoms with Gasteiger partial charge in [-0.1, -0.05) is 6.07 Å². The standard InChI is InChI=1S/C22H27FN2O4/c1-7-29-22(28)20-14(4)19(15(5)24(20)6)18(26)12-25(13(2)3)21(27)16-9-8-10-17(23)11-16/h8-11,13H,7,12H2,1-6H3. The molecule has 2 rings (SSSR count). The first-order valence-corrected chi connectivity index (χ1v) is 9.52. The molecule has 1 heterocycles. The predicted octanol–water partition coefficient (Wildman–Crippen LogP) is 3.69. The number of hydrogen-bond acceptors (Lipinski definition) is 4. The van der Waals surface area contributed by atoms with Crippen LogP contribution in [0.4, 0.5) is 4.39 Å². The van der Waals surface area contributed by atoms with Gasteiger partial charge in [-0.25, -0.2) is 9.18 Å². The zero-order valence-corrected chi connectivity index (χ0v) is 17.7. The van der Waals surface area contributed by atoms with Crippen LogP contribution in [0.2, 0.25) is 0 Å². The van der Waals surface area contributed by atoms with Crippen molar-refractivity contribution in [1.29, 1.82) is 0 Å². The van der Waals surface area contributed by atoms with Gasteiger partial charge in [0.1, 0.15) is 11.5 Å². The second kappa shape index (κ2) is 9.03. The number of carbonyl (C=O) groups excluding carboxylic acids is 3.